The van der Waals surface area contributed by atoms with E-state index in [4.69, 9.17) is 0 Å². The number of anilines is 4. The molecule has 2 heterocycles. The van der Waals surface area contributed by atoms with Crippen molar-refractivity contribution in [2.75, 3.05) is 9.80 Å². The molecule has 8 aromatic rings. The first-order valence-corrected chi connectivity index (χ1v) is 23.8. The predicted octanol–water partition coefficient (Wildman–Crippen LogP) is 16.7. The molecular weight excluding hydrogens is 749 g/mol. The fraction of sp³-hybridized carbons (Fsp3) is 0.333. The lowest BCUT2D eigenvalue weighted by Gasteiger charge is -2.52. The number of nitrogens with zero attached hydrogens (tertiary/aromatic N) is 2. The van der Waals surface area contributed by atoms with Gasteiger partial charge < -0.3 is 9.80 Å². The molecule has 6 unspecified atom stereocenters. The lowest BCUT2D eigenvalue weighted by molar-refractivity contribution is 0.143. The Labute approximate surface area is 368 Å². The van der Waals surface area contributed by atoms with Gasteiger partial charge in [0.25, 0.3) is 0 Å². The van der Waals surface area contributed by atoms with Gasteiger partial charge in [0.1, 0.15) is 0 Å². The number of hydrogen-bond acceptors (Lipinski definition) is 2. The van der Waals surface area contributed by atoms with Crippen molar-refractivity contribution in [1.82, 2.24) is 0 Å². The maximum Gasteiger partial charge on any atom is 0.0518 e. The first kappa shape index (κ1) is 38.1. The van der Waals surface area contributed by atoms with Gasteiger partial charge in [-0.2, -0.15) is 0 Å². The molecule has 310 valence electrons. The molecule has 2 aliphatic heterocycles. The van der Waals surface area contributed by atoms with Gasteiger partial charge in [-0.25, -0.2) is 0 Å². The van der Waals surface area contributed by atoms with E-state index in [1.54, 1.807) is 0 Å². The van der Waals surface area contributed by atoms with Crippen molar-refractivity contribution in [2.45, 2.75) is 115 Å². The van der Waals surface area contributed by atoms with Crippen LogP contribution in [0, 0.1) is 11.8 Å². The van der Waals surface area contributed by atoms with E-state index in [0.29, 0.717) is 0 Å². The molecule has 2 heteroatoms. The normalized spacial score (nSPS) is 27.8. The number of para-hydroxylation sites is 2. The molecule has 0 radical (unpaired) electrons. The second kappa shape index (κ2) is 13.5. The SMILES string of the molecule is CCC1CCC2(C)N(c3ccccc3)c3ccc(-c4ccc5ccc6c(-c7ccc8c(c7)C7(C)CC(CC)CCC7(C)N8c7ccccc7)ccc7ccc4c5c76)cc3C2(C)C1. The molecule has 2 saturated carbocycles. The van der Waals surface area contributed by atoms with Crippen molar-refractivity contribution in [3.63, 3.8) is 0 Å². The Bertz CT molecular complexity index is 2830. The molecule has 2 nitrogen and oxygen atoms in total. The standard InChI is InChI=1S/C60H60N2/c1-7-39-31-33-59(5)57(3,37-39)51-35-43(23-29-53(51)61(59)45-15-11-9-12-16-45)47-25-19-41-22-28-50-48(26-20-42-21-27-49(47)55(41)56(42)50)44-24-30-54-52(36-44)58(4)38-40(8-2)32-34-60(58,6)62(54)46-17-13-10-14-18-46/h9-30,35-36,39-40H,7-8,31-34,37-38H2,1-6H3. The molecule has 0 N–H and O–H groups in total. The zero-order valence-corrected chi connectivity index (χ0v) is 37.6. The topological polar surface area (TPSA) is 6.48 Å². The molecule has 6 atom stereocenters. The van der Waals surface area contributed by atoms with Crippen molar-refractivity contribution in [1.29, 1.82) is 0 Å². The third-order valence-corrected chi connectivity index (χ3v) is 18.0. The van der Waals surface area contributed by atoms with E-state index < -0.39 is 0 Å². The van der Waals surface area contributed by atoms with E-state index >= 15 is 0 Å². The van der Waals surface area contributed by atoms with E-state index in [1.807, 2.05) is 0 Å². The molecule has 12 rings (SSSR count). The zero-order valence-electron chi connectivity index (χ0n) is 37.6. The van der Waals surface area contributed by atoms with Crippen LogP contribution in [0.4, 0.5) is 22.7 Å². The van der Waals surface area contributed by atoms with Crippen LogP contribution in [0.25, 0.3) is 54.6 Å². The summed E-state index contributed by atoms with van der Waals surface area (Å²) in [4.78, 5) is 5.41. The van der Waals surface area contributed by atoms with Crippen LogP contribution in [0.2, 0.25) is 0 Å². The molecule has 62 heavy (non-hydrogen) atoms. The van der Waals surface area contributed by atoms with Crippen molar-refractivity contribution in [3.05, 3.63) is 157 Å². The van der Waals surface area contributed by atoms with Crippen molar-refractivity contribution >= 4 is 55.1 Å². The van der Waals surface area contributed by atoms with Crippen LogP contribution in [0.15, 0.2) is 146 Å². The third kappa shape index (κ3) is 4.99. The average Bonchev–Trinajstić information content (AvgIpc) is 3.64. The summed E-state index contributed by atoms with van der Waals surface area (Å²) in [7, 11) is 0. The monoisotopic (exact) mass is 808 g/mol. The van der Waals surface area contributed by atoms with Crippen LogP contribution < -0.4 is 9.80 Å². The molecule has 0 amide bonds. The molecule has 4 aliphatic rings. The Morgan fingerprint density at radius 1 is 0.468 bits per heavy atom. The molecule has 0 spiro atoms. The van der Waals surface area contributed by atoms with E-state index in [2.05, 4.69) is 197 Å². The van der Waals surface area contributed by atoms with Gasteiger partial charge in [0, 0.05) is 33.6 Å². The molecule has 0 bridgehead atoms. The Balaban J connectivity index is 1.01. The minimum absolute atomic E-state index is 0.0160. The Morgan fingerprint density at radius 2 is 0.871 bits per heavy atom. The summed E-state index contributed by atoms with van der Waals surface area (Å²) in [5.41, 5.74) is 13.9. The van der Waals surface area contributed by atoms with Gasteiger partial charge in [-0.05, 0) is 178 Å². The van der Waals surface area contributed by atoms with Crippen LogP contribution in [0.3, 0.4) is 0 Å². The molecule has 8 aromatic carbocycles. The van der Waals surface area contributed by atoms with Crippen molar-refractivity contribution in [3.8, 4) is 22.3 Å². The molecular formula is C60H60N2. The van der Waals surface area contributed by atoms with Gasteiger partial charge in [0.15, 0.2) is 0 Å². The van der Waals surface area contributed by atoms with E-state index in [-0.39, 0.29) is 21.9 Å². The average molecular weight is 809 g/mol. The highest BCUT2D eigenvalue weighted by atomic mass is 15.3. The summed E-state index contributed by atoms with van der Waals surface area (Å²) in [6.07, 6.45) is 9.94. The number of hydrogen-bond donors (Lipinski definition) is 0. The minimum Gasteiger partial charge on any atom is -0.334 e. The largest absolute Gasteiger partial charge is 0.334 e. The van der Waals surface area contributed by atoms with E-state index in [0.717, 1.165) is 11.8 Å². The van der Waals surface area contributed by atoms with Gasteiger partial charge >= 0.3 is 0 Å². The van der Waals surface area contributed by atoms with Crippen LogP contribution in [-0.4, -0.2) is 11.1 Å². The fourth-order valence-electron chi connectivity index (χ4n) is 14.1. The highest BCUT2D eigenvalue weighted by Crippen LogP contribution is 2.64. The number of benzene rings is 8. The van der Waals surface area contributed by atoms with Gasteiger partial charge in [-0.3, -0.25) is 0 Å². The Kier molecular flexibility index (Phi) is 8.27. The second-order valence-electron chi connectivity index (χ2n) is 20.7. The highest BCUT2D eigenvalue weighted by molar-refractivity contribution is 6.27. The minimum atomic E-state index is 0.0160. The molecule has 2 fully saturated rings. The lowest BCUT2D eigenvalue weighted by atomic mass is 9.58. The van der Waals surface area contributed by atoms with Gasteiger partial charge in [0.05, 0.1) is 11.1 Å². The summed E-state index contributed by atoms with van der Waals surface area (Å²) in [6.45, 7) is 15.1. The van der Waals surface area contributed by atoms with Crippen LogP contribution >= 0.6 is 0 Å². The molecule has 0 aromatic heterocycles. The second-order valence-corrected chi connectivity index (χ2v) is 20.7. The van der Waals surface area contributed by atoms with Crippen LogP contribution in [0.5, 0.6) is 0 Å². The summed E-state index contributed by atoms with van der Waals surface area (Å²) < 4.78 is 0. The third-order valence-electron chi connectivity index (χ3n) is 18.0. The maximum atomic E-state index is 2.71. The Hall–Kier alpha value is -5.60. The van der Waals surface area contributed by atoms with Crippen LogP contribution in [0.1, 0.15) is 104 Å². The van der Waals surface area contributed by atoms with Crippen molar-refractivity contribution in [2.24, 2.45) is 11.8 Å². The van der Waals surface area contributed by atoms with E-state index in [1.165, 1.54) is 140 Å². The molecule has 2 aliphatic carbocycles. The van der Waals surface area contributed by atoms with Crippen LogP contribution in [-0.2, 0) is 10.8 Å². The molecule has 0 saturated heterocycles. The lowest BCUT2D eigenvalue weighted by Crippen LogP contribution is -2.56. The number of fused-ring (bicyclic) bond motifs is 6. The smallest absolute Gasteiger partial charge is 0.0518 e. The van der Waals surface area contributed by atoms with Gasteiger partial charge in [0.2, 0.25) is 0 Å². The summed E-state index contributed by atoms with van der Waals surface area (Å²) >= 11 is 0. The Morgan fingerprint density at radius 3 is 1.27 bits per heavy atom. The number of rotatable bonds is 6. The maximum absolute atomic E-state index is 2.71. The summed E-state index contributed by atoms with van der Waals surface area (Å²) in [5, 5.41) is 8.11. The van der Waals surface area contributed by atoms with Crippen molar-refractivity contribution < 1.29 is 0 Å². The quantitative estimate of drug-likeness (QED) is 0.154. The zero-order chi connectivity index (χ0) is 42.2. The van der Waals surface area contributed by atoms with Gasteiger partial charge in [-0.1, -0.05) is 138 Å². The first-order chi connectivity index (χ1) is 30.1. The predicted molar refractivity (Wildman–Crippen MR) is 265 cm³/mol. The summed E-state index contributed by atoms with van der Waals surface area (Å²) in [5.74, 6) is 1.50. The first-order valence-electron chi connectivity index (χ1n) is 23.8. The summed E-state index contributed by atoms with van der Waals surface area (Å²) in [6, 6.07) is 56.4. The van der Waals surface area contributed by atoms with Gasteiger partial charge in [-0.15, -0.1) is 0 Å². The fourth-order valence-corrected chi connectivity index (χ4v) is 14.1. The highest BCUT2D eigenvalue weighted by Gasteiger charge is 2.60. The van der Waals surface area contributed by atoms with E-state index in [9.17, 15) is 0 Å².